The van der Waals surface area contributed by atoms with Gasteiger partial charge in [-0.1, -0.05) is 66.7 Å². The molecule has 3 aromatic carbocycles. The Kier molecular flexibility index (Phi) is 5.82. The number of rotatable bonds is 5. The fraction of sp³-hybridized carbons (Fsp3) is 0.185. The molecule has 0 saturated carbocycles. The smallest absolute Gasteiger partial charge is 0.290 e. The predicted octanol–water partition coefficient (Wildman–Crippen LogP) is 5.43. The third kappa shape index (κ3) is 4.63. The molecule has 2 amide bonds. The van der Waals surface area contributed by atoms with Gasteiger partial charge in [-0.15, -0.1) is 0 Å². The Hall–Kier alpha value is -3.31. The van der Waals surface area contributed by atoms with Gasteiger partial charge < -0.3 is 4.90 Å². The van der Waals surface area contributed by atoms with Gasteiger partial charge in [-0.2, -0.15) is 0 Å². The third-order valence-corrected chi connectivity index (χ3v) is 6.77. The second-order valence-electron chi connectivity index (χ2n) is 8.37. The van der Waals surface area contributed by atoms with Gasteiger partial charge in [0.05, 0.1) is 4.91 Å². The maximum absolute atomic E-state index is 12.0. The quantitative estimate of drug-likeness (QED) is 0.538. The van der Waals surface area contributed by atoms with Crippen molar-refractivity contribution in [2.24, 2.45) is 5.92 Å². The largest absolute Gasteiger partial charge is 0.367 e. The maximum Gasteiger partial charge on any atom is 0.290 e. The van der Waals surface area contributed by atoms with E-state index >= 15 is 0 Å². The summed E-state index contributed by atoms with van der Waals surface area (Å²) in [4.78, 5) is 26.4. The number of carbonyl (C=O) groups excluding carboxylic acids is 2. The zero-order valence-corrected chi connectivity index (χ0v) is 18.5. The van der Waals surface area contributed by atoms with Crippen LogP contribution in [0.25, 0.3) is 6.08 Å². The molecular formula is C27H24N2O2S. The average molecular weight is 441 g/mol. The lowest BCUT2D eigenvalue weighted by molar-refractivity contribution is -0.115. The molecule has 5 heteroatoms. The van der Waals surface area contributed by atoms with Gasteiger partial charge in [-0.05, 0) is 71.0 Å². The number of fused-ring (bicyclic) bond motifs is 1. The number of carbonyl (C=O) groups is 2. The highest BCUT2D eigenvalue weighted by Gasteiger charge is 2.27. The zero-order valence-electron chi connectivity index (χ0n) is 17.7. The number of benzene rings is 3. The van der Waals surface area contributed by atoms with Crippen molar-refractivity contribution < 1.29 is 9.59 Å². The van der Waals surface area contributed by atoms with Crippen molar-refractivity contribution in [2.75, 3.05) is 11.4 Å². The summed E-state index contributed by atoms with van der Waals surface area (Å²) in [5.74, 6) is 0.188. The molecule has 160 valence electrons. The molecule has 0 spiro atoms. The maximum atomic E-state index is 12.0. The normalized spacial score (nSPS) is 19.2. The van der Waals surface area contributed by atoms with Crippen LogP contribution in [0, 0.1) is 5.92 Å². The molecule has 1 unspecified atom stereocenters. The van der Waals surface area contributed by atoms with Gasteiger partial charge in [0, 0.05) is 18.8 Å². The van der Waals surface area contributed by atoms with E-state index in [0.717, 1.165) is 43.3 Å². The van der Waals surface area contributed by atoms with E-state index in [2.05, 4.69) is 76.9 Å². The van der Waals surface area contributed by atoms with Crippen LogP contribution in [0.4, 0.5) is 10.5 Å². The number of thioether (sulfide) groups is 1. The summed E-state index contributed by atoms with van der Waals surface area (Å²) in [6.07, 6.45) is 3.84. The van der Waals surface area contributed by atoms with Crippen molar-refractivity contribution in [3.63, 3.8) is 0 Å². The zero-order chi connectivity index (χ0) is 21.9. The number of anilines is 1. The van der Waals surface area contributed by atoms with Crippen molar-refractivity contribution in [1.82, 2.24) is 5.32 Å². The minimum Gasteiger partial charge on any atom is -0.367 e. The van der Waals surface area contributed by atoms with Crippen LogP contribution >= 0.6 is 11.8 Å². The minimum atomic E-state index is -0.314. The SMILES string of the molecule is O=C1NC(=O)C(=Cc2ccc3c(c2)CC(Cc2ccccc2)CN3Cc2ccccc2)S1. The predicted molar refractivity (Wildman–Crippen MR) is 130 cm³/mol. The van der Waals surface area contributed by atoms with E-state index in [4.69, 9.17) is 0 Å². The number of imide groups is 1. The van der Waals surface area contributed by atoms with Gasteiger partial charge in [-0.25, -0.2) is 0 Å². The highest BCUT2D eigenvalue weighted by atomic mass is 32.2. The first-order valence-corrected chi connectivity index (χ1v) is 11.7. The van der Waals surface area contributed by atoms with Gasteiger partial charge in [0.2, 0.25) is 0 Å². The first kappa shape index (κ1) is 20.6. The monoisotopic (exact) mass is 440 g/mol. The molecule has 0 aliphatic carbocycles. The van der Waals surface area contributed by atoms with E-state index in [0.29, 0.717) is 10.8 Å². The fourth-order valence-electron chi connectivity index (χ4n) is 4.56. The van der Waals surface area contributed by atoms with Crippen molar-refractivity contribution in [1.29, 1.82) is 0 Å². The van der Waals surface area contributed by atoms with Crippen LogP contribution in [0.5, 0.6) is 0 Å². The summed E-state index contributed by atoms with van der Waals surface area (Å²) in [5, 5.41) is 2.02. The Bertz CT molecular complexity index is 1170. The summed E-state index contributed by atoms with van der Waals surface area (Å²) in [5.41, 5.74) is 6.15. The molecule has 5 rings (SSSR count). The van der Waals surface area contributed by atoms with Gasteiger partial charge in [0.1, 0.15) is 0 Å². The molecule has 1 atom stereocenters. The molecule has 2 aliphatic rings. The number of nitrogens with one attached hydrogen (secondary N) is 1. The van der Waals surface area contributed by atoms with E-state index in [1.54, 1.807) is 0 Å². The molecule has 32 heavy (non-hydrogen) atoms. The summed E-state index contributed by atoms with van der Waals surface area (Å²) in [7, 11) is 0. The van der Waals surface area contributed by atoms with Crippen LogP contribution in [0.1, 0.15) is 22.3 Å². The highest BCUT2D eigenvalue weighted by Crippen LogP contribution is 2.34. The molecule has 2 heterocycles. The van der Waals surface area contributed by atoms with E-state index in [1.165, 1.54) is 22.4 Å². The Morgan fingerprint density at radius 1 is 0.938 bits per heavy atom. The van der Waals surface area contributed by atoms with Crippen LogP contribution in [-0.4, -0.2) is 17.7 Å². The van der Waals surface area contributed by atoms with Gasteiger partial charge in [0.15, 0.2) is 0 Å². The second kappa shape index (κ2) is 9.05. The van der Waals surface area contributed by atoms with Crippen LogP contribution < -0.4 is 10.2 Å². The van der Waals surface area contributed by atoms with Crippen LogP contribution in [0.15, 0.2) is 83.8 Å². The second-order valence-corrected chi connectivity index (χ2v) is 9.38. The lowest BCUT2D eigenvalue weighted by Gasteiger charge is -2.36. The fourth-order valence-corrected chi connectivity index (χ4v) is 5.25. The highest BCUT2D eigenvalue weighted by molar-refractivity contribution is 8.18. The van der Waals surface area contributed by atoms with Crippen molar-refractivity contribution in [3.05, 3.63) is 106 Å². The lowest BCUT2D eigenvalue weighted by atomic mass is 9.86. The van der Waals surface area contributed by atoms with Crippen LogP contribution in [0.2, 0.25) is 0 Å². The summed E-state index contributed by atoms with van der Waals surface area (Å²) >= 11 is 0.962. The molecule has 1 fully saturated rings. The third-order valence-electron chi connectivity index (χ3n) is 5.95. The molecule has 0 bridgehead atoms. The molecule has 2 aliphatic heterocycles. The summed E-state index contributed by atoms with van der Waals surface area (Å²) in [6.45, 7) is 1.87. The molecule has 3 aromatic rings. The molecule has 0 aromatic heterocycles. The minimum absolute atomic E-state index is 0.309. The van der Waals surface area contributed by atoms with Gasteiger partial charge >= 0.3 is 0 Å². The average Bonchev–Trinajstić information content (AvgIpc) is 3.11. The van der Waals surface area contributed by atoms with E-state index in [-0.39, 0.29) is 11.1 Å². The first-order valence-electron chi connectivity index (χ1n) is 10.8. The van der Waals surface area contributed by atoms with E-state index < -0.39 is 0 Å². The summed E-state index contributed by atoms with van der Waals surface area (Å²) < 4.78 is 0. The molecule has 4 nitrogen and oxygen atoms in total. The lowest BCUT2D eigenvalue weighted by Crippen LogP contribution is -2.36. The number of hydrogen-bond acceptors (Lipinski definition) is 4. The van der Waals surface area contributed by atoms with Crippen molar-refractivity contribution in [3.8, 4) is 0 Å². The molecular weight excluding hydrogens is 416 g/mol. The molecule has 1 saturated heterocycles. The first-order chi connectivity index (χ1) is 15.6. The van der Waals surface area contributed by atoms with E-state index in [1.807, 2.05) is 18.2 Å². The number of amides is 2. The molecule has 1 N–H and O–H groups in total. The number of nitrogens with zero attached hydrogens (tertiary/aromatic N) is 1. The Balaban J connectivity index is 1.45. The van der Waals surface area contributed by atoms with Gasteiger partial charge in [0.25, 0.3) is 11.1 Å². The molecule has 0 radical (unpaired) electrons. The van der Waals surface area contributed by atoms with Crippen molar-refractivity contribution in [2.45, 2.75) is 19.4 Å². The van der Waals surface area contributed by atoms with Gasteiger partial charge in [-0.3, -0.25) is 14.9 Å². The van der Waals surface area contributed by atoms with E-state index in [9.17, 15) is 9.59 Å². The Morgan fingerprint density at radius 3 is 2.34 bits per heavy atom. The topological polar surface area (TPSA) is 49.4 Å². The number of hydrogen-bond donors (Lipinski definition) is 1. The van der Waals surface area contributed by atoms with Crippen molar-refractivity contribution >= 4 is 34.7 Å². The Labute approximate surface area is 192 Å². The van der Waals surface area contributed by atoms with Crippen LogP contribution in [0.3, 0.4) is 0 Å². The standard InChI is InChI=1S/C27H24N2O2S/c30-26-25(32-27(31)28-26)16-21-11-12-24-23(14-21)15-22(13-19-7-3-1-4-8-19)18-29(24)17-20-9-5-2-6-10-20/h1-12,14,16,22H,13,15,17-18H2,(H,28,30,31). The van der Waals surface area contributed by atoms with Crippen LogP contribution in [-0.2, 0) is 24.2 Å². The summed E-state index contributed by atoms with van der Waals surface area (Å²) in [6, 6.07) is 27.6. The Morgan fingerprint density at radius 2 is 1.66 bits per heavy atom.